The molecular formula is C26H28ClNO3. The highest BCUT2D eigenvalue weighted by Gasteiger charge is 2.23. The van der Waals surface area contributed by atoms with Gasteiger partial charge in [-0.25, -0.2) is 0 Å². The van der Waals surface area contributed by atoms with Crippen LogP contribution in [0.4, 0.5) is 0 Å². The van der Waals surface area contributed by atoms with Crippen molar-refractivity contribution in [2.45, 2.75) is 38.6 Å². The van der Waals surface area contributed by atoms with Crippen molar-refractivity contribution in [3.05, 3.63) is 94.5 Å². The molecule has 4 nitrogen and oxygen atoms in total. The SMILES string of the molecule is OC[C@H]1CCCN1Cc1ccc(COc2cccc(OCc3cccc(Cl)c3)c2)cc1. The molecule has 1 saturated heterocycles. The molecule has 0 unspecified atom stereocenters. The lowest BCUT2D eigenvalue weighted by atomic mass is 10.1. The van der Waals surface area contributed by atoms with E-state index in [0.29, 0.717) is 24.3 Å². The molecule has 1 N–H and O–H groups in total. The summed E-state index contributed by atoms with van der Waals surface area (Å²) in [7, 11) is 0. The number of likely N-dealkylation sites (tertiary alicyclic amines) is 1. The summed E-state index contributed by atoms with van der Waals surface area (Å²) >= 11 is 6.03. The molecule has 0 saturated carbocycles. The van der Waals surface area contributed by atoms with Crippen molar-refractivity contribution in [2.75, 3.05) is 13.2 Å². The standard InChI is InChI=1S/C26H28ClNO3/c27-23-5-1-4-22(14-23)19-31-26-8-2-7-25(15-26)30-18-21-11-9-20(10-12-21)16-28-13-3-6-24(28)17-29/h1-2,4-5,7-12,14-15,24,29H,3,6,13,16-19H2/t24-/m1/s1. The number of hydrogen-bond acceptors (Lipinski definition) is 4. The van der Waals surface area contributed by atoms with Gasteiger partial charge in [-0.1, -0.05) is 54.1 Å². The summed E-state index contributed by atoms with van der Waals surface area (Å²) in [6.45, 7) is 3.15. The van der Waals surface area contributed by atoms with Gasteiger partial charge in [0.1, 0.15) is 24.7 Å². The molecule has 162 valence electrons. The first-order valence-corrected chi connectivity index (χ1v) is 11.1. The Morgan fingerprint density at radius 2 is 1.52 bits per heavy atom. The zero-order chi connectivity index (χ0) is 21.5. The summed E-state index contributed by atoms with van der Waals surface area (Å²) in [5.41, 5.74) is 3.41. The van der Waals surface area contributed by atoms with Crippen LogP contribution in [0.2, 0.25) is 5.02 Å². The van der Waals surface area contributed by atoms with Crippen molar-refractivity contribution in [3.8, 4) is 11.5 Å². The van der Waals surface area contributed by atoms with E-state index in [4.69, 9.17) is 21.1 Å². The Balaban J connectivity index is 1.28. The van der Waals surface area contributed by atoms with Crippen LogP contribution in [0.1, 0.15) is 29.5 Å². The lowest BCUT2D eigenvalue weighted by Crippen LogP contribution is -2.31. The third kappa shape index (κ3) is 6.23. The average molecular weight is 438 g/mol. The van der Waals surface area contributed by atoms with Gasteiger partial charge < -0.3 is 14.6 Å². The summed E-state index contributed by atoms with van der Waals surface area (Å²) in [4.78, 5) is 2.36. The molecule has 31 heavy (non-hydrogen) atoms. The predicted octanol–water partition coefficient (Wildman–Crippen LogP) is 5.45. The lowest BCUT2D eigenvalue weighted by Gasteiger charge is -2.22. The minimum Gasteiger partial charge on any atom is -0.489 e. The molecule has 4 rings (SSSR count). The zero-order valence-electron chi connectivity index (χ0n) is 17.5. The molecule has 1 atom stereocenters. The van der Waals surface area contributed by atoms with E-state index < -0.39 is 0 Å². The van der Waals surface area contributed by atoms with Gasteiger partial charge >= 0.3 is 0 Å². The van der Waals surface area contributed by atoms with E-state index in [-0.39, 0.29) is 6.61 Å². The van der Waals surface area contributed by atoms with E-state index in [2.05, 4.69) is 29.2 Å². The fourth-order valence-electron chi connectivity index (χ4n) is 3.90. The Bertz CT molecular complexity index is 976. The lowest BCUT2D eigenvalue weighted by molar-refractivity contribution is 0.153. The quantitative estimate of drug-likeness (QED) is 0.483. The second-order valence-electron chi connectivity index (χ2n) is 7.95. The number of halogens is 1. The van der Waals surface area contributed by atoms with Crippen LogP contribution in [0.25, 0.3) is 0 Å². The molecule has 1 aliphatic rings. The number of ether oxygens (including phenoxy) is 2. The molecule has 0 amide bonds. The van der Waals surface area contributed by atoms with Crippen LogP contribution in [0, 0.1) is 0 Å². The predicted molar refractivity (Wildman–Crippen MR) is 124 cm³/mol. The van der Waals surface area contributed by atoms with Crippen LogP contribution in [0.5, 0.6) is 11.5 Å². The number of rotatable bonds is 9. The fraction of sp³-hybridized carbons (Fsp3) is 0.308. The highest BCUT2D eigenvalue weighted by molar-refractivity contribution is 6.30. The minimum atomic E-state index is 0.244. The van der Waals surface area contributed by atoms with E-state index in [0.717, 1.165) is 42.1 Å². The van der Waals surface area contributed by atoms with Gasteiger partial charge in [0.2, 0.25) is 0 Å². The maximum atomic E-state index is 9.49. The van der Waals surface area contributed by atoms with Gasteiger partial charge in [-0.15, -0.1) is 0 Å². The van der Waals surface area contributed by atoms with Crippen molar-refractivity contribution in [1.29, 1.82) is 0 Å². The second kappa shape index (κ2) is 10.7. The maximum absolute atomic E-state index is 9.49. The third-order valence-electron chi connectivity index (χ3n) is 5.62. The van der Waals surface area contributed by atoms with Gasteiger partial charge in [0.25, 0.3) is 0 Å². The van der Waals surface area contributed by atoms with Crippen LogP contribution in [-0.4, -0.2) is 29.2 Å². The topological polar surface area (TPSA) is 41.9 Å². The highest BCUT2D eigenvalue weighted by Crippen LogP contribution is 2.23. The van der Waals surface area contributed by atoms with E-state index in [1.807, 2.05) is 48.5 Å². The van der Waals surface area contributed by atoms with Gasteiger partial charge in [-0.3, -0.25) is 4.90 Å². The fourth-order valence-corrected chi connectivity index (χ4v) is 4.11. The van der Waals surface area contributed by atoms with Gasteiger partial charge in [0, 0.05) is 23.7 Å². The van der Waals surface area contributed by atoms with E-state index >= 15 is 0 Å². The molecular weight excluding hydrogens is 410 g/mol. The number of nitrogens with zero attached hydrogens (tertiary/aromatic N) is 1. The first-order valence-electron chi connectivity index (χ1n) is 10.7. The number of aliphatic hydroxyl groups excluding tert-OH is 1. The molecule has 3 aromatic rings. The Kier molecular flexibility index (Phi) is 7.47. The summed E-state index contributed by atoms with van der Waals surface area (Å²) < 4.78 is 11.8. The van der Waals surface area contributed by atoms with Crippen molar-refractivity contribution >= 4 is 11.6 Å². The summed E-state index contributed by atoms with van der Waals surface area (Å²) in [6, 6.07) is 24.2. The maximum Gasteiger partial charge on any atom is 0.123 e. The van der Waals surface area contributed by atoms with Crippen LogP contribution in [0.3, 0.4) is 0 Å². The molecule has 0 bridgehead atoms. The number of hydrogen-bond donors (Lipinski definition) is 1. The Labute approximate surface area is 189 Å². The molecule has 0 spiro atoms. The molecule has 1 heterocycles. The first-order chi connectivity index (χ1) is 15.2. The van der Waals surface area contributed by atoms with E-state index in [1.165, 1.54) is 12.0 Å². The Hall–Kier alpha value is -2.53. The first kappa shape index (κ1) is 21.7. The van der Waals surface area contributed by atoms with Gasteiger partial charge in [-0.05, 0) is 60.3 Å². The third-order valence-corrected chi connectivity index (χ3v) is 5.86. The summed E-state index contributed by atoms with van der Waals surface area (Å²) in [5.74, 6) is 1.53. The van der Waals surface area contributed by atoms with Crippen LogP contribution in [-0.2, 0) is 19.8 Å². The molecule has 1 aliphatic heterocycles. The van der Waals surface area contributed by atoms with Crippen molar-refractivity contribution in [1.82, 2.24) is 4.90 Å². The highest BCUT2D eigenvalue weighted by atomic mass is 35.5. The summed E-state index contributed by atoms with van der Waals surface area (Å²) in [5, 5.41) is 10.2. The molecule has 0 radical (unpaired) electrons. The van der Waals surface area contributed by atoms with Crippen LogP contribution in [0.15, 0.2) is 72.8 Å². The molecule has 3 aromatic carbocycles. The summed E-state index contributed by atoms with van der Waals surface area (Å²) in [6.07, 6.45) is 2.25. The van der Waals surface area contributed by atoms with Crippen LogP contribution >= 0.6 is 11.6 Å². The normalized spacial score (nSPS) is 16.4. The van der Waals surface area contributed by atoms with Crippen LogP contribution < -0.4 is 9.47 Å². The Morgan fingerprint density at radius 1 is 0.839 bits per heavy atom. The average Bonchev–Trinajstić information content (AvgIpc) is 3.25. The molecule has 5 heteroatoms. The number of aliphatic hydroxyl groups is 1. The minimum absolute atomic E-state index is 0.244. The van der Waals surface area contributed by atoms with E-state index in [1.54, 1.807) is 0 Å². The molecule has 1 fully saturated rings. The largest absolute Gasteiger partial charge is 0.489 e. The zero-order valence-corrected chi connectivity index (χ0v) is 18.3. The number of benzene rings is 3. The van der Waals surface area contributed by atoms with Crippen molar-refractivity contribution < 1.29 is 14.6 Å². The smallest absolute Gasteiger partial charge is 0.123 e. The molecule has 0 aliphatic carbocycles. The monoisotopic (exact) mass is 437 g/mol. The van der Waals surface area contributed by atoms with Crippen molar-refractivity contribution in [3.63, 3.8) is 0 Å². The van der Waals surface area contributed by atoms with Crippen molar-refractivity contribution in [2.24, 2.45) is 0 Å². The van der Waals surface area contributed by atoms with Gasteiger partial charge in [-0.2, -0.15) is 0 Å². The molecule has 0 aromatic heterocycles. The van der Waals surface area contributed by atoms with Gasteiger partial charge in [0.15, 0.2) is 0 Å². The van der Waals surface area contributed by atoms with Gasteiger partial charge in [0.05, 0.1) is 6.61 Å². The second-order valence-corrected chi connectivity index (χ2v) is 8.38. The Morgan fingerprint density at radius 3 is 2.23 bits per heavy atom. The van der Waals surface area contributed by atoms with E-state index in [9.17, 15) is 5.11 Å².